The Bertz CT molecular complexity index is 585. The van der Waals surface area contributed by atoms with Gasteiger partial charge in [-0.25, -0.2) is 9.78 Å². The summed E-state index contributed by atoms with van der Waals surface area (Å²) in [4.78, 5) is 16.0. The van der Waals surface area contributed by atoms with Crippen molar-refractivity contribution in [3.63, 3.8) is 0 Å². The highest BCUT2D eigenvalue weighted by molar-refractivity contribution is 5.80. The summed E-state index contributed by atoms with van der Waals surface area (Å²) >= 11 is 0. The lowest BCUT2D eigenvalue weighted by atomic mass is 10.2. The van der Waals surface area contributed by atoms with Gasteiger partial charge in [0.1, 0.15) is 5.82 Å². The van der Waals surface area contributed by atoms with Gasteiger partial charge in [-0.3, -0.25) is 0 Å². The molecule has 3 N–H and O–H groups in total. The number of fused-ring (bicyclic) bond motifs is 1. The smallest absolute Gasteiger partial charge is 0.314 e. The Hall–Kier alpha value is -2.30. The maximum Gasteiger partial charge on any atom is 0.314 e. The normalized spacial score (nSPS) is 10.3. The number of pyridine rings is 1. The van der Waals surface area contributed by atoms with Crippen LogP contribution in [0, 0.1) is 0 Å². The molecule has 1 heterocycles. The van der Waals surface area contributed by atoms with Crippen LogP contribution in [0.3, 0.4) is 0 Å². The largest absolute Gasteiger partial charge is 0.368 e. The van der Waals surface area contributed by atoms with E-state index < -0.39 is 0 Å². The Morgan fingerprint density at radius 1 is 1.05 bits per heavy atom. The van der Waals surface area contributed by atoms with Gasteiger partial charge in [-0.1, -0.05) is 31.5 Å². The standard InChI is InChI=1S/C16H22N4O/c1-2-3-10-18-16(21)19-12-11-17-15-9-8-13-6-4-5-7-14(13)20-15/h4-9H,2-3,10-12H2,1H3,(H,17,20)(H2,18,19,21). The Morgan fingerprint density at radius 3 is 2.71 bits per heavy atom. The van der Waals surface area contributed by atoms with Crippen LogP contribution < -0.4 is 16.0 Å². The molecule has 0 atom stereocenters. The van der Waals surface area contributed by atoms with Crippen molar-refractivity contribution in [1.29, 1.82) is 0 Å². The molecule has 2 amide bonds. The third kappa shape index (κ3) is 4.95. The topological polar surface area (TPSA) is 66.1 Å². The molecule has 2 aromatic rings. The van der Waals surface area contributed by atoms with Gasteiger partial charge >= 0.3 is 6.03 Å². The van der Waals surface area contributed by atoms with Crippen LogP contribution in [0.5, 0.6) is 0 Å². The van der Waals surface area contributed by atoms with Gasteiger partial charge in [0.25, 0.3) is 0 Å². The second-order valence-electron chi connectivity index (χ2n) is 4.85. The van der Waals surface area contributed by atoms with Crippen molar-refractivity contribution in [1.82, 2.24) is 15.6 Å². The number of unbranched alkanes of at least 4 members (excludes halogenated alkanes) is 1. The van der Waals surface area contributed by atoms with E-state index >= 15 is 0 Å². The van der Waals surface area contributed by atoms with Crippen molar-refractivity contribution in [3.05, 3.63) is 36.4 Å². The molecule has 0 radical (unpaired) electrons. The first-order valence-corrected chi connectivity index (χ1v) is 7.41. The highest BCUT2D eigenvalue weighted by Gasteiger charge is 1.99. The monoisotopic (exact) mass is 286 g/mol. The zero-order valence-corrected chi connectivity index (χ0v) is 12.4. The van der Waals surface area contributed by atoms with E-state index in [1.54, 1.807) is 0 Å². The number of rotatable bonds is 7. The Labute approximate surface area is 125 Å². The molecule has 0 aliphatic carbocycles. The Kier molecular flexibility index (Phi) is 5.82. The van der Waals surface area contributed by atoms with Gasteiger partial charge in [0.15, 0.2) is 0 Å². The van der Waals surface area contributed by atoms with Crippen molar-refractivity contribution in [2.45, 2.75) is 19.8 Å². The van der Waals surface area contributed by atoms with Crippen molar-refractivity contribution < 1.29 is 4.79 Å². The second kappa shape index (κ2) is 8.09. The van der Waals surface area contributed by atoms with Gasteiger partial charge in [0, 0.05) is 25.0 Å². The fourth-order valence-corrected chi connectivity index (χ4v) is 1.97. The SMILES string of the molecule is CCCCNC(=O)NCCNc1ccc2ccccc2n1. The molecule has 2 rings (SSSR count). The molecule has 1 aromatic heterocycles. The lowest BCUT2D eigenvalue weighted by Gasteiger charge is -2.09. The minimum Gasteiger partial charge on any atom is -0.368 e. The number of hydrogen-bond donors (Lipinski definition) is 3. The number of nitrogens with one attached hydrogen (secondary N) is 3. The van der Waals surface area contributed by atoms with Crippen LogP contribution in [0.1, 0.15) is 19.8 Å². The van der Waals surface area contributed by atoms with E-state index in [2.05, 4.69) is 27.9 Å². The number of anilines is 1. The molecule has 0 aliphatic rings. The molecule has 0 fully saturated rings. The molecule has 21 heavy (non-hydrogen) atoms. The maximum atomic E-state index is 11.4. The van der Waals surface area contributed by atoms with Crippen LogP contribution in [0.4, 0.5) is 10.6 Å². The second-order valence-corrected chi connectivity index (χ2v) is 4.85. The fraction of sp³-hybridized carbons (Fsp3) is 0.375. The van der Waals surface area contributed by atoms with Crippen LogP contribution >= 0.6 is 0 Å². The summed E-state index contributed by atoms with van der Waals surface area (Å²) in [7, 11) is 0. The van der Waals surface area contributed by atoms with E-state index in [0.717, 1.165) is 36.1 Å². The first kappa shape index (κ1) is 15.1. The van der Waals surface area contributed by atoms with Gasteiger partial charge in [0.2, 0.25) is 0 Å². The van der Waals surface area contributed by atoms with E-state index in [9.17, 15) is 4.79 Å². The molecule has 1 aromatic carbocycles. The molecule has 0 saturated carbocycles. The number of carbonyl (C=O) groups excluding carboxylic acids is 1. The minimum absolute atomic E-state index is 0.114. The first-order chi connectivity index (χ1) is 10.3. The van der Waals surface area contributed by atoms with Crippen LogP contribution in [0.2, 0.25) is 0 Å². The average Bonchev–Trinajstić information content (AvgIpc) is 2.52. The summed E-state index contributed by atoms with van der Waals surface area (Å²) in [5.41, 5.74) is 0.966. The van der Waals surface area contributed by atoms with Crippen LogP contribution in [-0.4, -0.2) is 30.6 Å². The number of hydrogen-bond acceptors (Lipinski definition) is 3. The van der Waals surface area contributed by atoms with Gasteiger partial charge in [-0.05, 0) is 24.6 Å². The first-order valence-electron chi connectivity index (χ1n) is 7.41. The van der Waals surface area contributed by atoms with E-state index in [4.69, 9.17) is 0 Å². The zero-order chi connectivity index (χ0) is 14.9. The van der Waals surface area contributed by atoms with Crippen LogP contribution in [0.25, 0.3) is 10.9 Å². The zero-order valence-electron chi connectivity index (χ0n) is 12.4. The molecule has 112 valence electrons. The predicted octanol–water partition coefficient (Wildman–Crippen LogP) is 2.75. The third-order valence-corrected chi connectivity index (χ3v) is 3.13. The molecule has 5 nitrogen and oxygen atoms in total. The fourth-order valence-electron chi connectivity index (χ4n) is 1.97. The molecule has 0 unspecified atom stereocenters. The quantitative estimate of drug-likeness (QED) is 0.686. The summed E-state index contributed by atoms with van der Waals surface area (Å²) in [5.74, 6) is 0.821. The minimum atomic E-state index is -0.114. The molecule has 0 saturated heterocycles. The molecular formula is C16H22N4O. The van der Waals surface area contributed by atoms with E-state index in [0.29, 0.717) is 13.1 Å². The molecule has 0 bridgehead atoms. The summed E-state index contributed by atoms with van der Waals surface area (Å²) in [6, 6.07) is 11.9. The molecule has 0 spiro atoms. The number of urea groups is 1. The lowest BCUT2D eigenvalue weighted by Crippen LogP contribution is -2.38. The molecule has 0 aliphatic heterocycles. The van der Waals surface area contributed by atoms with E-state index in [1.807, 2.05) is 36.4 Å². The average molecular weight is 286 g/mol. The van der Waals surface area contributed by atoms with Crippen molar-refractivity contribution in [2.24, 2.45) is 0 Å². The number of amides is 2. The van der Waals surface area contributed by atoms with Crippen LogP contribution in [-0.2, 0) is 0 Å². The summed E-state index contributed by atoms with van der Waals surface area (Å²) in [6.45, 7) is 4.03. The summed E-state index contributed by atoms with van der Waals surface area (Å²) < 4.78 is 0. The number of aromatic nitrogens is 1. The van der Waals surface area contributed by atoms with Crippen molar-refractivity contribution in [2.75, 3.05) is 25.0 Å². The molecular weight excluding hydrogens is 264 g/mol. The van der Waals surface area contributed by atoms with Gasteiger partial charge in [-0.15, -0.1) is 0 Å². The predicted molar refractivity (Wildman–Crippen MR) is 86.5 cm³/mol. The van der Waals surface area contributed by atoms with E-state index in [1.165, 1.54) is 0 Å². The van der Waals surface area contributed by atoms with Gasteiger partial charge in [0.05, 0.1) is 5.52 Å². The van der Waals surface area contributed by atoms with Crippen molar-refractivity contribution in [3.8, 4) is 0 Å². The number of benzene rings is 1. The molecule has 5 heteroatoms. The van der Waals surface area contributed by atoms with Crippen molar-refractivity contribution >= 4 is 22.8 Å². The van der Waals surface area contributed by atoms with Gasteiger partial charge in [-0.2, -0.15) is 0 Å². The number of nitrogens with zero attached hydrogens (tertiary/aromatic N) is 1. The number of carbonyl (C=O) groups is 1. The van der Waals surface area contributed by atoms with Crippen LogP contribution in [0.15, 0.2) is 36.4 Å². The summed E-state index contributed by atoms with van der Waals surface area (Å²) in [6.07, 6.45) is 2.09. The van der Waals surface area contributed by atoms with E-state index in [-0.39, 0.29) is 6.03 Å². The lowest BCUT2D eigenvalue weighted by molar-refractivity contribution is 0.241. The number of para-hydroxylation sites is 1. The Morgan fingerprint density at radius 2 is 1.86 bits per heavy atom. The summed E-state index contributed by atoms with van der Waals surface area (Å²) in [5, 5.41) is 9.95. The highest BCUT2D eigenvalue weighted by atomic mass is 16.2. The Balaban J connectivity index is 1.71. The third-order valence-electron chi connectivity index (χ3n) is 3.13. The maximum absolute atomic E-state index is 11.4. The highest BCUT2D eigenvalue weighted by Crippen LogP contribution is 2.13. The van der Waals surface area contributed by atoms with Gasteiger partial charge < -0.3 is 16.0 Å².